The van der Waals surface area contributed by atoms with Gasteiger partial charge in [-0.3, -0.25) is 4.79 Å². The summed E-state index contributed by atoms with van der Waals surface area (Å²) in [4.78, 5) is 13.4. The summed E-state index contributed by atoms with van der Waals surface area (Å²) in [6.45, 7) is 2.42. The van der Waals surface area contributed by atoms with Crippen LogP contribution in [-0.4, -0.2) is 50.7 Å². The number of nitrogens with one attached hydrogen (secondary N) is 1. The highest BCUT2D eigenvalue weighted by Crippen LogP contribution is 2.14. The first kappa shape index (κ1) is 11.5. The van der Waals surface area contributed by atoms with E-state index in [0.29, 0.717) is 6.42 Å². The Kier molecular flexibility index (Phi) is 4.90. The van der Waals surface area contributed by atoms with Gasteiger partial charge in [0.05, 0.1) is 12.5 Å². The van der Waals surface area contributed by atoms with Gasteiger partial charge in [0, 0.05) is 19.7 Å². The molecule has 0 aliphatic carbocycles. The quantitative estimate of drug-likeness (QED) is 0.691. The smallest absolute Gasteiger partial charge is 0.222 e. The van der Waals surface area contributed by atoms with Crippen molar-refractivity contribution < 1.29 is 9.53 Å². The Hall–Kier alpha value is -0.610. The van der Waals surface area contributed by atoms with E-state index in [1.165, 1.54) is 0 Å². The zero-order valence-electron chi connectivity index (χ0n) is 9.08. The number of carbonyl (C=O) groups excluding carboxylic acids is 1. The lowest BCUT2D eigenvalue weighted by molar-refractivity contribution is -0.123. The Labute approximate surface area is 85.6 Å². The third-order valence-corrected chi connectivity index (χ3v) is 2.32. The van der Waals surface area contributed by atoms with Crippen LogP contribution in [0.2, 0.25) is 0 Å². The molecule has 0 aromatic rings. The predicted molar refractivity (Wildman–Crippen MR) is 55.2 cm³/mol. The van der Waals surface area contributed by atoms with E-state index in [2.05, 4.69) is 5.32 Å². The van der Waals surface area contributed by atoms with Crippen LogP contribution in [0.25, 0.3) is 0 Å². The first-order chi connectivity index (χ1) is 6.68. The van der Waals surface area contributed by atoms with Gasteiger partial charge in [0.25, 0.3) is 0 Å². The van der Waals surface area contributed by atoms with Crippen LogP contribution in [-0.2, 0) is 9.53 Å². The number of amides is 1. The maximum atomic E-state index is 11.4. The second kappa shape index (κ2) is 5.98. The van der Waals surface area contributed by atoms with Gasteiger partial charge in [0.15, 0.2) is 0 Å². The van der Waals surface area contributed by atoms with Crippen LogP contribution in [0.3, 0.4) is 0 Å². The van der Waals surface area contributed by atoms with E-state index >= 15 is 0 Å². The molecular formula is C10H20N2O2. The van der Waals surface area contributed by atoms with Crippen molar-refractivity contribution in [2.45, 2.75) is 25.4 Å². The van der Waals surface area contributed by atoms with E-state index in [9.17, 15) is 4.79 Å². The molecule has 1 unspecified atom stereocenters. The standard InChI is InChI=1S/C10H20N2O2/c1-12(2)6-5-11-10(13)8-9-4-3-7-14-9/h9H,3-8H2,1-2H3,(H,11,13). The number of rotatable bonds is 5. The maximum absolute atomic E-state index is 11.4. The largest absolute Gasteiger partial charge is 0.378 e. The van der Waals surface area contributed by atoms with Crippen LogP contribution in [0.5, 0.6) is 0 Å². The minimum Gasteiger partial charge on any atom is -0.378 e. The minimum absolute atomic E-state index is 0.110. The van der Waals surface area contributed by atoms with Gasteiger partial charge in [0.2, 0.25) is 5.91 Å². The third kappa shape index (κ3) is 4.58. The fourth-order valence-corrected chi connectivity index (χ4v) is 1.50. The highest BCUT2D eigenvalue weighted by Gasteiger charge is 2.18. The van der Waals surface area contributed by atoms with E-state index in [0.717, 1.165) is 32.5 Å². The molecule has 1 aliphatic rings. The predicted octanol–water partition coefficient (Wildman–Crippen LogP) is 0.233. The Morgan fingerprint density at radius 3 is 2.93 bits per heavy atom. The summed E-state index contributed by atoms with van der Waals surface area (Å²) in [6.07, 6.45) is 2.80. The topological polar surface area (TPSA) is 41.6 Å². The van der Waals surface area contributed by atoms with E-state index in [-0.39, 0.29) is 12.0 Å². The van der Waals surface area contributed by atoms with Gasteiger partial charge in [-0.1, -0.05) is 0 Å². The van der Waals surface area contributed by atoms with Crippen LogP contribution in [0.4, 0.5) is 0 Å². The molecule has 1 heterocycles. The summed E-state index contributed by atoms with van der Waals surface area (Å²) >= 11 is 0. The Bertz CT molecular complexity index is 177. The summed E-state index contributed by atoms with van der Waals surface area (Å²) in [5, 5.41) is 2.88. The van der Waals surface area contributed by atoms with Gasteiger partial charge < -0.3 is 15.0 Å². The highest BCUT2D eigenvalue weighted by atomic mass is 16.5. The molecule has 4 nitrogen and oxygen atoms in total. The summed E-state index contributed by atoms with van der Waals surface area (Å²) in [5.74, 6) is 0.110. The normalized spacial score (nSPS) is 21.5. The number of hydrogen-bond acceptors (Lipinski definition) is 3. The summed E-state index contributed by atoms with van der Waals surface area (Å²) in [6, 6.07) is 0. The van der Waals surface area contributed by atoms with Gasteiger partial charge in [0.1, 0.15) is 0 Å². The van der Waals surface area contributed by atoms with Crippen molar-refractivity contribution in [3.05, 3.63) is 0 Å². The zero-order chi connectivity index (χ0) is 10.4. The van der Waals surface area contributed by atoms with E-state index in [1.54, 1.807) is 0 Å². The van der Waals surface area contributed by atoms with E-state index in [4.69, 9.17) is 4.74 Å². The molecule has 1 aliphatic heterocycles. The van der Waals surface area contributed by atoms with Gasteiger partial charge in [-0.25, -0.2) is 0 Å². The molecule has 1 amide bonds. The van der Waals surface area contributed by atoms with Gasteiger partial charge in [-0.15, -0.1) is 0 Å². The molecular weight excluding hydrogens is 180 g/mol. The molecule has 1 atom stereocenters. The van der Waals surface area contributed by atoms with Crippen molar-refractivity contribution in [3.8, 4) is 0 Å². The third-order valence-electron chi connectivity index (χ3n) is 2.32. The Morgan fingerprint density at radius 2 is 2.36 bits per heavy atom. The number of carbonyl (C=O) groups is 1. The summed E-state index contributed by atoms with van der Waals surface area (Å²) < 4.78 is 5.38. The van der Waals surface area contributed by atoms with Gasteiger partial charge in [-0.05, 0) is 26.9 Å². The molecule has 1 N–H and O–H groups in total. The lowest BCUT2D eigenvalue weighted by Gasteiger charge is -2.12. The zero-order valence-corrected chi connectivity index (χ0v) is 9.08. The molecule has 0 radical (unpaired) electrons. The molecule has 0 saturated carbocycles. The van der Waals surface area contributed by atoms with Crippen LogP contribution in [0.1, 0.15) is 19.3 Å². The highest BCUT2D eigenvalue weighted by molar-refractivity contribution is 5.76. The second-order valence-corrected chi connectivity index (χ2v) is 3.99. The number of ether oxygens (including phenoxy) is 1. The van der Waals surface area contributed by atoms with E-state index in [1.807, 2.05) is 19.0 Å². The van der Waals surface area contributed by atoms with Crippen molar-refractivity contribution in [1.29, 1.82) is 0 Å². The lowest BCUT2D eigenvalue weighted by atomic mass is 10.2. The summed E-state index contributed by atoms with van der Waals surface area (Å²) in [7, 11) is 3.98. The molecule has 0 bridgehead atoms. The van der Waals surface area contributed by atoms with Crippen molar-refractivity contribution in [3.63, 3.8) is 0 Å². The molecule has 1 rings (SSSR count). The molecule has 0 spiro atoms. The molecule has 14 heavy (non-hydrogen) atoms. The monoisotopic (exact) mass is 200 g/mol. The Balaban J connectivity index is 2.03. The van der Waals surface area contributed by atoms with Gasteiger partial charge in [-0.2, -0.15) is 0 Å². The van der Waals surface area contributed by atoms with Crippen LogP contribution in [0, 0.1) is 0 Å². The van der Waals surface area contributed by atoms with Crippen LogP contribution < -0.4 is 5.32 Å². The van der Waals surface area contributed by atoms with Crippen molar-refractivity contribution in [2.24, 2.45) is 0 Å². The number of hydrogen-bond donors (Lipinski definition) is 1. The van der Waals surface area contributed by atoms with Crippen molar-refractivity contribution in [1.82, 2.24) is 10.2 Å². The molecule has 1 saturated heterocycles. The number of nitrogens with zero attached hydrogens (tertiary/aromatic N) is 1. The fourth-order valence-electron chi connectivity index (χ4n) is 1.50. The molecule has 4 heteroatoms. The average Bonchev–Trinajstić information content (AvgIpc) is 2.56. The van der Waals surface area contributed by atoms with Crippen molar-refractivity contribution in [2.75, 3.05) is 33.8 Å². The first-order valence-electron chi connectivity index (χ1n) is 5.21. The summed E-state index contributed by atoms with van der Waals surface area (Å²) in [5.41, 5.74) is 0. The molecule has 82 valence electrons. The molecule has 0 aromatic heterocycles. The fraction of sp³-hybridized carbons (Fsp3) is 0.900. The first-order valence-corrected chi connectivity index (χ1v) is 5.21. The van der Waals surface area contributed by atoms with Crippen LogP contribution in [0.15, 0.2) is 0 Å². The second-order valence-electron chi connectivity index (χ2n) is 3.99. The average molecular weight is 200 g/mol. The van der Waals surface area contributed by atoms with Gasteiger partial charge >= 0.3 is 0 Å². The maximum Gasteiger partial charge on any atom is 0.222 e. The number of likely N-dealkylation sites (N-methyl/N-ethyl adjacent to an activating group) is 1. The van der Waals surface area contributed by atoms with Crippen molar-refractivity contribution >= 4 is 5.91 Å². The molecule has 1 fully saturated rings. The van der Waals surface area contributed by atoms with E-state index < -0.39 is 0 Å². The lowest BCUT2D eigenvalue weighted by Crippen LogP contribution is -2.33. The Morgan fingerprint density at radius 1 is 1.57 bits per heavy atom. The molecule has 0 aromatic carbocycles. The minimum atomic E-state index is 0.110. The van der Waals surface area contributed by atoms with Crippen LogP contribution >= 0.6 is 0 Å². The SMILES string of the molecule is CN(C)CCNC(=O)CC1CCCO1.